The summed E-state index contributed by atoms with van der Waals surface area (Å²) in [4.78, 5) is 32.7. The first-order valence-electron chi connectivity index (χ1n) is 15.8. The topological polar surface area (TPSA) is 80.8 Å². The molecule has 2 amide bonds. The maximum absolute atomic E-state index is 13.7. The number of rotatable bonds is 11. The second-order valence-electron chi connectivity index (χ2n) is 13.6. The molecule has 0 radical (unpaired) electrons. The first kappa shape index (κ1) is 36.9. The number of hydrogen-bond acceptors (Lipinski definition) is 5. The van der Waals surface area contributed by atoms with Crippen molar-refractivity contribution in [1.82, 2.24) is 4.98 Å². The molecule has 11 heteroatoms. The minimum absolute atomic E-state index is 0.0106. The van der Waals surface area contributed by atoms with Crippen molar-refractivity contribution in [2.45, 2.75) is 71.3 Å². The van der Waals surface area contributed by atoms with Gasteiger partial charge in [0, 0.05) is 41.8 Å². The summed E-state index contributed by atoms with van der Waals surface area (Å²) < 4.78 is 63.2. The molecule has 0 aliphatic carbocycles. The van der Waals surface area contributed by atoms with Gasteiger partial charge in [-0.15, -0.1) is 0 Å². The fraction of sp³-hybridized carbons (Fsp3) is 0.342. The van der Waals surface area contributed by atoms with Crippen molar-refractivity contribution in [3.05, 3.63) is 108 Å². The summed E-state index contributed by atoms with van der Waals surface area (Å²) in [6.45, 7) is 9.96. The van der Waals surface area contributed by atoms with Crippen LogP contribution in [0.5, 0.6) is 5.75 Å². The van der Waals surface area contributed by atoms with Crippen molar-refractivity contribution in [1.29, 1.82) is 0 Å². The summed E-state index contributed by atoms with van der Waals surface area (Å²) in [5.74, 6) is -4.69. The molecule has 1 N–H and O–H groups in total. The van der Waals surface area contributed by atoms with E-state index in [1.807, 2.05) is 39.0 Å². The van der Waals surface area contributed by atoms with Crippen LogP contribution in [0, 0.1) is 0 Å². The molecule has 4 rings (SSSR count). The van der Waals surface area contributed by atoms with E-state index in [9.17, 15) is 27.2 Å². The van der Waals surface area contributed by atoms with Crippen LogP contribution in [0.1, 0.15) is 63.2 Å². The van der Waals surface area contributed by atoms with Crippen molar-refractivity contribution in [3.63, 3.8) is 0 Å². The van der Waals surface area contributed by atoms with Crippen LogP contribution in [0.2, 0.25) is 0 Å². The minimum Gasteiger partial charge on any atom is -0.487 e. The maximum Gasteiger partial charge on any atom is 0.414 e. The average Bonchev–Trinajstić information content (AvgIpc) is 3.03. The summed E-state index contributed by atoms with van der Waals surface area (Å²) in [7, 11) is 0. The molecule has 260 valence electrons. The number of nitrogens with one attached hydrogen (secondary N) is 1. The number of pyridine rings is 1. The summed E-state index contributed by atoms with van der Waals surface area (Å²) >= 11 is 0. The Morgan fingerprint density at radius 1 is 0.857 bits per heavy atom. The largest absolute Gasteiger partial charge is 0.487 e. The van der Waals surface area contributed by atoms with Gasteiger partial charge in [-0.3, -0.25) is 14.7 Å². The Kier molecular flexibility index (Phi) is 11.4. The Morgan fingerprint density at radius 2 is 1.53 bits per heavy atom. The Labute approximate surface area is 284 Å². The molecular formula is C38H41F4N3O4. The van der Waals surface area contributed by atoms with Crippen LogP contribution in [0.25, 0.3) is 11.1 Å². The van der Waals surface area contributed by atoms with Gasteiger partial charge in [0.1, 0.15) is 11.4 Å². The number of nitrogens with zero attached hydrogens (tertiary/aromatic N) is 2. The monoisotopic (exact) mass is 679 g/mol. The van der Waals surface area contributed by atoms with Crippen molar-refractivity contribution < 1.29 is 36.6 Å². The molecule has 49 heavy (non-hydrogen) atoms. The number of carbonyl (C=O) groups excluding carboxylic acids is 2. The molecule has 0 unspecified atom stereocenters. The molecular weight excluding hydrogens is 638 g/mol. The molecule has 0 atom stereocenters. The quantitative estimate of drug-likeness (QED) is 0.160. The third kappa shape index (κ3) is 10.0. The number of benzene rings is 3. The van der Waals surface area contributed by atoms with E-state index in [0.717, 1.165) is 5.69 Å². The molecule has 0 aliphatic rings. The standard InChI is InChI=1S/C38H41F4N3O4/c1-36(2,3)32-23-28(48-24-38(41,42)34(39)40)18-19-30(32)29-12-7-8-13-31(29)33(46)44-26-14-16-27(17-15-26)45(35(47)49-37(4,5)6)22-20-25-11-9-10-21-43-25/h7-19,21,23,34H,20,22,24H2,1-6H3,(H,44,46). The van der Waals surface area contributed by atoms with Gasteiger partial charge in [0.2, 0.25) is 0 Å². The first-order valence-corrected chi connectivity index (χ1v) is 15.8. The van der Waals surface area contributed by atoms with E-state index in [1.165, 1.54) is 17.0 Å². The summed E-state index contributed by atoms with van der Waals surface area (Å²) in [6.07, 6.45) is -2.17. The van der Waals surface area contributed by atoms with Crippen LogP contribution in [0.3, 0.4) is 0 Å². The highest BCUT2D eigenvalue weighted by atomic mass is 19.3. The molecule has 1 aromatic heterocycles. The van der Waals surface area contributed by atoms with Gasteiger partial charge in [-0.1, -0.05) is 51.1 Å². The van der Waals surface area contributed by atoms with E-state index >= 15 is 0 Å². The number of ether oxygens (including phenoxy) is 2. The lowest BCUT2D eigenvalue weighted by atomic mass is 9.80. The molecule has 0 aliphatic heterocycles. The number of anilines is 2. The van der Waals surface area contributed by atoms with Crippen molar-refractivity contribution in [2.24, 2.45) is 0 Å². The highest BCUT2D eigenvalue weighted by Crippen LogP contribution is 2.38. The predicted molar refractivity (Wildman–Crippen MR) is 183 cm³/mol. The van der Waals surface area contributed by atoms with Crippen molar-refractivity contribution >= 4 is 23.4 Å². The first-order chi connectivity index (χ1) is 22.9. The summed E-state index contributed by atoms with van der Waals surface area (Å²) in [6, 6.07) is 23.9. The normalized spacial score (nSPS) is 12.1. The van der Waals surface area contributed by atoms with E-state index in [4.69, 9.17) is 9.47 Å². The van der Waals surface area contributed by atoms with E-state index < -0.39 is 42.0 Å². The van der Waals surface area contributed by atoms with Crippen LogP contribution in [0.4, 0.5) is 33.7 Å². The number of carbonyl (C=O) groups is 2. The molecule has 1 heterocycles. The number of halogens is 4. The zero-order valence-electron chi connectivity index (χ0n) is 28.4. The van der Waals surface area contributed by atoms with E-state index in [1.54, 1.807) is 81.6 Å². The van der Waals surface area contributed by atoms with Crippen LogP contribution in [0.15, 0.2) is 91.1 Å². The molecule has 0 spiro atoms. The van der Waals surface area contributed by atoms with Crippen LogP contribution in [-0.2, 0) is 16.6 Å². The molecule has 4 aromatic rings. The van der Waals surface area contributed by atoms with E-state index in [0.29, 0.717) is 46.6 Å². The Morgan fingerprint density at radius 3 is 2.14 bits per heavy atom. The summed E-state index contributed by atoms with van der Waals surface area (Å²) in [5, 5.41) is 2.91. The van der Waals surface area contributed by atoms with Crippen LogP contribution in [-0.4, -0.2) is 48.1 Å². The van der Waals surface area contributed by atoms with Gasteiger partial charge < -0.3 is 14.8 Å². The maximum atomic E-state index is 13.7. The van der Waals surface area contributed by atoms with Gasteiger partial charge in [0.15, 0.2) is 6.61 Å². The van der Waals surface area contributed by atoms with Gasteiger partial charge in [-0.05, 0) is 97.5 Å². The van der Waals surface area contributed by atoms with Gasteiger partial charge in [0.05, 0.1) is 0 Å². The summed E-state index contributed by atoms with van der Waals surface area (Å²) in [5.41, 5.74) is 2.90. The highest BCUT2D eigenvalue weighted by molar-refractivity contribution is 6.09. The molecule has 0 saturated heterocycles. The fourth-order valence-corrected chi connectivity index (χ4v) is 4.97. The van der Waals surface area contributed by atoms with Gasteiger partial charge in [0.25, 0.3) is 5.91 Å². The predicted octanol–water partition coefficient (Wildman–Crippen LogP) is 9.56. The SMILES string of the molecule is CC(C)(C)OC(=O)N(CCc1ccccn1)c1ccc(NC(=O)c2ccccc2-c2ccc(OCC(F)(F)C(F)F)cc2C(C)(C)C)cc1. The second kappa shape index (κ2) is 15.1. The molecule has 3 aromatic carbocycles. The zero-order chi connectivity index (χ0) is 36.0. The number of aromatic nitrogens is 1. The van der Waals surface area contributed by atoms with E-state index in [-0.39, 0.29) is 5.75 Å². The second-order valence-corrected chi connectivity index (χ2v) is 13.6. The zero-order valence-corrected chi connectivity index (χ0v) is 28.4. The van der Waals surface area contributed by atoms with Gasteiger partial charge in [-0.25, -0.2) is 13.6 Å². The molecule has 0 fully saturated rings. The van der Waals surface area contributed by atoms with Crippen molar-refractivity contribution in [3.8, 4) is 16.9 Å². The third-order valence-electron chi connectivity index (χ3n) is 7.38. The highest BCUT2D eigenvalue weighted by Gasteiger charge is 2.41. The Bertz CT molecular complexity index is 1730. The molecule has 0 bridgehead atoms. The number of amides is 2. The average molecular weight is 680 g/mol. The van der Waals surface area contributed by atoms with Gasteiger partial charge in [-0.2, -0.15) is 8.78 Å². The Hall–Kier alpha value is -4.93. The van der Waals surface area contributed by atoms with Crippen molar-refractivity contribution in [2.75, 3.05) is 23.4 Å². The van der Waals surface area contributed by atoms with E-state index in [2.05, 4.69) is 10.3 Å². The minimum atomic E-state index is -4.29. The lowest BCUT2D eigenvalue weighted by Crippen LogP contribution is -2.38. The molecule has 0 saturated carbocycles. The third-order valence-corrected chi connectivity index (χ3v) is 7.38. The molecule has 7 nitrogen and oxygen atoms in total. The lowest BCUT2D eigenvalue weighted by Gasteiger charge is -2.27. The Balaban J connectivity index is 1.57. The number of hydrogen-bond donors (Lipinski definition) is 1. The van der Waals surface area contributed by atoms with Crippen LogP contribution < -0.4 is 15.0 Å². The van der Waals surface area contributed by atoms with Gasteiger partial charge >= 0.3 is 18.4 Å². The van der Waals surface area contributed by atoms with Crippen LogP contribution >= 0.6 is 0 Å². The smallest absolute Gasteiger partial charge is 0.414 e. The number of alkyl halides is 4. The fourth-order valence-electron chi connectivity index (χ4n) is 4.97. The lowest BCUT2D eigenvalue weighted by molar-refractivity contribution is -0.148.